The number of amides is 1. The van der Waals surface area contributed by atoms with Crippen LogP contribution in [0.25, 0.3) is 11.1 Å². The molecule has 0 radical (unpaired) electrons. The van der Waals surface area contributed by atoms with Gasteiger partial charge in [0.2, 0.25) is 15.9 Å². The minimum Gasteiger partial charge on any atom is -0.384 e. The number of carbonyl (C=O) groups is 1. The van der Waals surface area contributed by atoms with Crippen molar-refractivity contribution in [2.24, 2.45) is 10.9 Å². The lowest BCUT2D eigenvalue weighted by atomic mass is 10.0. The summed E-state index contributed by atoms with van der Waals surface area (Å²) in [5.41, 5.74) is 9.36. The van der Waals surface area contributed by atoms with Gasteiger partial charge in [0.25, 0.3) is 0 Å². The lowest BCUT2D eigenvalue weighted by Gasteiger charge is -2.29. The molecule has 35 heavy (non-hydrogen) atoms. The van der Waals surface area contributed by atoms with E-state index in [1.54, 1.807) is 24.3 Å². The molecule has 1 saturated carbocycles. The molecule has 1 aliphatic carbocycles. The number of nitrogens with one attached hydrogen (secondary N) is 1. The maximum absolute atomic E-state index is 13.4. The summed E-state index contributed by atoms with van der Waals surface area (Å²) in [5.74, 6) is 0.0532. The van der Waals surface area contributed by atoms with Gasteiger partial charge in [-0.15, -0.1) is 0 Å². The predicted octanol–water partition coefficient (Wildman–Crippen LogP) is 3.80. The van der Waals surface area contributed by atoms with E-state index in [9.17, 15) is 13.2 Å². The first-order chi connectivity index (χ1) is 16.7. The minimum absolute atomic E-state index is 0.00897. The highest BCUT2D eigenvalue weighted by Gasteiger charge is 2.27. The van der Waals surface area contributed by atoms with Gasteiger partial charge in [0.15, 0.2) is 0 Å². The maximum Gasteiger partial charge on any atom is 0.238 e. The van der Waals surface area contributed by atoms with Crippen LogP contribution in [-0.2, 0) is 27.8 Å². The van der Waals surface area contributed by atoms with Gasteiger partial charge >= 0.3 is 0 Å². The summed E-state index contributed by atoms with van der Waals surface area (Å²) < 4.78 is 23.9. The molecule has 3 aromatic rings. The zero-order valence-corrected chi connectivity index (χ0v) is 20.3. The summed E-state index contributed by atoms with van der Waals surface area (Å²) in [6.45, 7) is 0.477. The van der Waals surface area contributed by atoms with Gasteiger partial charge in [-0.2, -0.15) is 0 Å². The van der Waals surface area contributed by atoms with Crippen molar-refractivity contribution >= 4 is 21.8 Å². The van der Waals surface area contributed by atoms with Gasteiger partial charge in [-0.05, 0) is 41.7 Å². The van der Waals surface area contributed by atoms with Crippen molar-refractivity contribution in [1.29, 1.82) is 5.41 Å². The quantitative estimate of drug-likeness (QED) is 0.327. The fourth-order valence-electron chi connectivity index (χ4n) is 4.70. The molecular weight excluding hydrogens is 460 g/mol. The van der Waals surface area contributed by atoms with Gasteiger partial charge in [0.05, 0.1) is 11.3 Å². The van der Waals surface area contributed by atoms with Crippen LogP contribution in [-0.4, -0.2) is 31.1 Å². The average molecular weight is 491 g/mol. The summed E-state index contributed by atoms with van der Waals surface area (Å²) >= 11 is 0. The number of hydrogen-bond acceptors (Lipinski definition) is 4. The molecule has 1 fully saturated rings. The Balaban J connectivity index is 1.54. The number of nitrogens with zero attached hydrogens (tertiary/aromatic N) is 1. The van der Waals surface area contributed by atoms with Crippen molar-refractivity contribution in [1.82, 2.24) is 4.90 Å². The first-order valence-corrected chi connectivity index (χ1v) is 13.2. The lowest BCUT2D eigenvalue weighted by molar-refractivity contribution is -0.133. The third kappa shape index (κ3) is 5.96. The summed E-state index contributed by atoms with van der Waals surface area (Å²) in [4.78, 5) is 15.5. The Morgan fingerprint density at radius 2 is 1.63 bits per heavy atom. The number of primary sulfonamides is 1. The molecule has 0 atom stereocenters. The highest BCUT2D eigenvalue weighted by molar-refractivity contribution is 7.89. The van der Waals surface area contributed by atoms with Crippen molar-refractivity contribution in [2.75, 3.05) is 0 Å². The number of rotatable bonds is 8. The summed E-state index contributed by atoms with van der Waals surface area (Å²) in [7, 11) is -3.85. The third-order valence-electron chi connectivity index (χ3n) is 6.49. The highest BCUT2D eigenvalue weighted by Crippen LogP contribution is 2.28. The molecule has 0 aromatic heterocycles. The smallest absolute Gasteiger partial charge is 0.238 e. The molecule has 7 nitrogen and oxygen atoms in total. The van der Waals surface area contributed by atoms with Gasteiger partial charge in [0.1, 0.15) is 5.84 Å². The molecule has 1 amide bonds. The van der Waals surface area contributed by atoms with Crippen LogP contribution in [0.3, 0.4) is 0 Å². The lowest BCUT2D eigenvalue weighted by Crippen LogP contribution is -2.39. The van der Waals surface area contributed by atoms with E-state index in [0.29, 0.717) is 17.7 Å². The first-order valence-electron chi connectivity index (χ1n) is 11.7. The van der Waals surface area contributed by atoms with E-state index in [4.69, 9.17) is 16.3 Å². The molecule has 0 spiro atoms. The van der Waals surface area contributed by atoms with Crippen molar-refractivity contribution in [3.05, 3.63) is 89.5 Å². The molecule has 182 valence electrons. The Bertz CT molecular complexity index is 1330. The molecule has 0 aliphatic heterocycles. The number of carbonyl (C=O) groups excluding carboxylic acids is 1. The Labute approximate surface area is 206 Å². The Kier molecular flexibility index (Phi) is 7.33. The van der Waals surface area contributed by atoms with Gasteiger partial charge in [-0.3, -0.25) is 10.2 Å². The Morgan fingerprint density at radius 1 is 0.943 bits per heavy atom. The average Bonchev–Trinajstić information content (AvgIpc) is 3.37. The molecule has 0 unspecified atom stereocenters. The van der Waals surface area contributed by atoms with Gasteiger partial charge in [-0.1, -0.05) is 73.5 Å². The fourth-order valence-corrected chi connectivity index (χ4v) is 5.46. The van der Waals surface area contributed by atoms with Crippen molar-refractivity contribution in [2.45, 2.75) is 49.6 Å². The van der Waals surface area contributed by atoms with Crippen LogP contribution < -0.4 is 10.9 Å². The van der Waals surface area contributed by atoms with Crippen molar-refractivity contribution < 1.29 is 13.2 Å². The first kappa shape index (κ1) is 24.6. The SMILES string of the molecule is N=C(N)c1cccc(CN(C(=O)Cc2ccc(-c3ccccc3S(N)(=O)=O)cc2)C2CCCC2)c1. The van der Waals surface area contributed by atoms with Crippen LogP contribution in [0.2, 0.25) is 0 Å². The van der Waals surface area contributed by atoms with Gasteiger partial charge in [0, 0.05) is 23.7 Å². The number of hydrogen-bond donors (Lipinski definition) is 3. The van der Waals surface area contributed by atoms with Gasteiger partial charge < -0.3 is 10.6 Å². The molecule has 3 aromatic carbocycles. The minimum atomic E-state index is -3.85. The molecule has 0 bridgehead atoms. The monoisotopic (exact) mass is 490 g/mol. The van der Waals surface area contributed by atoms with E-state index in [2.05, 4.69) is 0 Å². The van der Waals surface area contributed by atoms with Crippen molar-refractivity contribution in [3.8, 4) is 11.1 Å². The van der Waals surface area contributed by atoms with Crippen LogP contribution in [0.15, 0.2) is 77.7 Å². The van der Waals surface area contributed by atoms with E-state index in [0.717, 1.165) is 42.4 Å². The molecule has 0 saturated heterocycles. The molecular formula is C27H30N4O3S. The van der Waals surface area contributed by atoms with E-state index in [1.807, 2.05) is 47.4 Å². The van der Waals surface area contributed by atoms with E-state index < -0.39 is 10.0 Å². The zero-order chi connectivity index (χ0) is 25.0. The zero-order valence-electron chi connectivity index (χ0n) is 19.5. The number of nitrogens with two attached hydrogens (primary N) is 2. The highest BCUT2D eigenvalue weighted by atomic mass is 32.2. The Morgan fingerprint density at radius 3 is 2.29 bits per heavy atom. The van der Waals surface area contributed by atoms with Crippen LogP contribution in [0, 0.1) is 5.41 Å². The molecule has 8 heteroatoms. The number of sulfonamides is 1. The number of nitrogen functional groups attached to an aromatic ring is 1. The normalized spacial score (nSPS) is 14.1. The Hall–Kier alpha value is -3.49. The molecule has 4 rings (SSSR count). The van der Waals surface area contributed by atoms with Gasteiger partial charge in [-0.25, -0.2) is 13.6 Å². The second-order valence-corrected chi connectivity index (χ2v) is 10.5. The standard InChI is InChI=1S/C27H30N4O3S/c28-27(29)22-7-5-6-20(16-22)18-31(23-8-1-2-9-23)26(32)17-19-12-14-21(15-13-19)24-10-3-4-11-25(24)35(30,33)34/h3-7,10-16,23H,1-2,8-9,17-18H2,(H3,28,29)(H2,30,33,34). The summed E-state index contributed by atoms with van der Waals surface area (Å²) in [6.07, 6.45) is 4.45. The third-order valence-corrected chi connectivity index (χ3v) is 7.46. The topological polar surface area (TPSA) is 130 Å². The fraction of sp³-hybridized carbons (Fsp3) is 0.259. The van der Waals surface area contributed by atoms with Crippen LogP contribution in [0.5, 0.6) is 0 Å². The van der Waals surface area contributed by atoms with Crippen LogP contribution >= 0.6 is 0 Å². The summed E-state index contributed by atoms with van der Waals surface area (Å²) in [6, 6.07) is 21.7. The van der Waals surface area contributed by atoms with Crippen LogP contribution in [0.4, 0.5) is 0 Å². The number of amidine groups is 1. The van der Waals surface area contributed by atoms with Crippen LogP contribution in [0.1, 0.15) is 42.4 Å². The van der Waals surface area contributed by atoms with Crippen molar-refractivity contribution in [3.63, 3.8) is 0 Å². The second kappa shape index (κ2) is 10.4. The second-order valence-electron chi connectivity index (χ2n) is 8.99. The van der Waals surface area contributed by atoms with E-state index >= 15 is 0 Å². The molecule has 1 aliphatic rings. The van der Waals surface area contributed by atoms with E-state index in [-0.39, 0.29) is 29.1 Å². The summed E-state index contributed by atoms with van der Waals surface area (Å²) in [5, 5.41) is 13.1. The molecule has 5 N–H and O–H groups in total. The predicted molar refractivity (Wildman–Crippen MR) is 137 cm³/mol. The van der Waals surface area contributed by atoms with E-state index in [1.165, 1.54) is 6.07 Å². The molecule has 0 heterocycles. The maximum atomic E-state index is 13.4. The number of benzene rings is 3. The largest absolute Gasteiger partial charge is 0.384 e.